The Bertz CT molecular complexity index is 751. The van der Waals surface area contributed by atoms with Crippen molar-refractivity contribution in [1.82, 2.24) is 9.55 Å². The van der Waals surface area contributed by atoms with Gasteiger partial charge in [-0.2, -0.15) is 13.2 Å². The van der Waals surface area contributed by atoms with Crippen molar-refractivity contribution in [3.63, 3.8) is 0 Å². The Hall–Kier alpha value is -1.74. The highest BCUT2D eigenvalue weighted by Crippen LogP contribution is 2.35. The van der Waals surface area contributed by atoms with Gasteiger partial charge in [-0.25, -0.2) is 19.8 Å². The third kappa shape index (κ3) is 4.21. The number of aromatic carboxylic acids is 1. The number of hydrogen-bond acceptors (Lipinski definition) is 3. The molecule has 2 heterocycles. The van der Waals surface area contributed by atoms with E-state index in [1.54, 1.807) is 0 Å². The molecule has 0 amide bonds. The molecule has 0 bridgehead atoms. The van der Waals surface area contributed by atoms with E-state index < -0.39 is 33.3 Å². The minimum Gasteiger partial charge on any atom is -0.478 e. The monoisotopic (exact) mass is 364 g/mol. The first-order chi connectivity index (χ1) is 11.0. The normalized spacial score (nSPS) is 13.4. The number of ether oxygens (including phenoxy) is 1. The van der Waals surface area contributed by atoms with Crippen molar-refractivity contribution < 1.29 is 27.8 Å². The zero-order chi connectivity index (χ0) is 18.1. The van der Waals surface area contributed by atoms with E-state index in [4.69, 9.17) is 4.74 Å². The molecular formula is C15H19F3N2O3S. The second-order valence-electron chi connectivity index (χ2n) is 6.20. The van der Waals surface area contributed by atoms with E-state index in [1.807, 2.05) is 0 Å². The number of halogens is 3. The summed E-state index contributed by atoms with van der Waals surface area (Å²) in [6.45, 7) is 0.626. The molecule has 0 spiro atoms. The fraction of sp³-hybridized carbons (Fsp3) is 0.467. The van der Waals surface area contributed by atoms with Crippen molar-refractivity contribution in [2.75, 3.05) is 31.1 Å². The minimum absolute atomic E-state index is 0.0534. The van der Waals surface area contributed by atoms with Crippen LogP contribution in [0.4, 0.5) is 13.2 Å². The predicted molar refractivity (Wildman–Crippen MR) is 87.9 cm³/mol. The zero-order valence-electron chi connectivity index (χ0n) is 13.6. The standard InChI is InChI=1S/C15H19F3N2O3S/c1-24(2,3)7-6-23-9-20-5-4-10-12(14(21)22)11(15(16,17)18)8-19-13(10)20/h4-5,8H,6-7,9H2,1-3H3,(H,21,22). The van der Waals surface area contributed by atoms with Gasteiger partial charge < -0.3 is 14.4 Å². The molecule has 134 valence electrons. The summed E-state index contributed by atoms with van der Waals surface area (Å²) in [7, 11) is -0.700. The van der Waals surface area contributed by atoms with Crippen molar-refractivity contribution in [2.24, 2.45) is 0 Å². The van der Waals surface area contributed by atoms with Gasteiger partial charge in [-0.05, 0) is 24.8 Å². The highest BCUT2D eigenvalue weighted by atomic mass is 32.3. The van der Waals surface area contributed by atoms with Crippen molar-refractivity contribution in [3.05, 3.63) is 29.6 Å². The van der Waals surface area contributed by atoms with Gasteiger partial charge >= 0.3 is 12.1 Å². The van der Waals surface area contributed by atoms with E-state index in [-0.39, 0.29) is 17.8 Å². The van der Waals surface area contributed by atoms with Crippen molar-refractivity contribution >= 4 is 27.0 Å². The number of pyridine rings is 1. The van der Waals surface area contributed by atoms with Crippen LogP contribution in [0.15, 0.2) is 18.5 Å². The van der Waals surface area contributed by atoms with Crippen LogP contribution in [0.2, 0.25) is 0 Å². The molecule has 2 aromatic rings. The number of carbonyl (C=O) groups is 1. The number of alkyl halides is 3. The maximum Gasteiger partial charge on any atom is 0.418 e. The third-order valence-electron chi connectivity index (χ3n) is 3.38. The van der Waals surface area contributed by atoms with E-state index in [2.05, 4.69) is 23.8 Å². The SMILES string of the molecule is CS(C)(C)CCOCn1ccc2c(C(=O)O)c(C(F)(F)F)cnc21. The van der Waals surface area contributed by atoms with Crippen molar-refractivity contribution in [2.45, 2.75) is 12.9 Å². The Morgan fingerprint density at radius 1 is 1.38 bits per heavy atom. The Kier molecular flexibility index (Phi) is 5.14. The molecule has 2 aromatic heterocycles. The van der Waals surface area contributed by atoms with Gasteiger partial charge in [0.2, 0.25) is 0 Å². The Morgan fingerprint density at radius 2 is 2.04 bits per heavy atom. The first kappa shape index (κ1) is 18.6. The molecule has 0 saturated heterocycles. The fourth-order valence-electron chi connectivity index (χ4n) is 2.16. The molecule has 0 aliphatic heterocycles. The Labute approximate surface area is 138 Å². The molecule has 1 N–H and O–H groups in total. The van der Waals surface area contributed by atoms with E-state index in [9.17, 15) is 23.1 Å². The number of carboxylic acids is 1. The lowest BCUT2D eigenvalue weighted by Gasteiger charge is -2.24. The maximum atomic E-state index is 13.0. The summed E-state index contributed by atoms with van der Waals surface area (Å²) in [5.74, 6) is -0.733. The molecule has 2 rings (SSSR count). The maximum absolute atomic E-state index is 13.0. The predicted octanol–water partition coefficient (Wildman–Crippen LogP) is 3.42. The van der Waals surface area contributed by atoms with Crippen molar-refractivity contribution in [3.8, 4) is 0 Å². The lowest BCUT2D eigenvalue weighted by atomic mass is 10.1. The van der Waals surface area contributed by atoms with E-state index in [0.717, 1.165) is 5.75 Å². The van der Waals surface area contributed by atoms with Crippen LogP contribution in [0.3, 0.4) is 0 Å². The summed E-state index contributed by atoms with van der Waals surface area (Å²) in [4.78, 5) is 15.1. The first-order valence-electron chi connectivity index (χ1n) is 7.03. The molecule has 0 radical (unpaired) electrons. The molecule has 0 saturated carbocycles. The van der Waals surface area contributed by atoms with Gasteiger partial charge in [0.25, 0.3) is 0 Å². The van der Waals surface area contributed by atoms with Crippen LogP contribution in [-0.2, 0) is 17.6 Å². The molecule has 5 nitrogen and oxygen atoms in total. The number of fused-ring (bicyclic) bond motifs is 1. The molecule has 0 fully saturated rings. The second-order valence-corrected chi connectivity index (χ2v) is 10.8. The number of hydrogen-bond donors (Lipinski definition) is 1. The van der Waals surface area contributed by atoms with Crippen LogP contribution >= 0.6 is 10.0 Å². The summed E-state index contributed by atoms with van der Waals surface area (Å²) in [5, 5.41) is 9.12. The smallest absolute Gasteiger partial charge is 0.418 e. The molecule has 0 aromatic carbocycles. The number of rotatable bonds is 6. The van der Waals surface area contributed by atoms with Crippen LogP contribution in [0.5, 0.6) is 0 Å². The number of nitrogens with zero attached hydrogens (tertiary/aromatic N) is 2. The molecule has 0 aliphatic carbocycles. The number of carboxylic acid groups (broad SMARTS) is 1. The van der Waals surface area contributed by atoms with Gasteiger partial charge in [-0.15, -0.1) is 0 Å². The largest absolute Gasteiger partial charge is 0.478 e. The second kappa shape index (κ2) is 6.64. The van der Waals surface area contributed by atoms with Gasteiger partial charge in [-0.1, -0.05) is 0 Å². The highest BCUT2D eigenvalue weighted by molar-refractivity contribution is 8.32. The van der Waals surface area contributed by atoms with Crippen molar-refractivity contribution in [1.29, 1.82) is 0 Å². The van der Waals surface area contributed by atoms with Crippen LogP contribution in [0.1, 0.15) is 15.9 Å². The lowest BCUT2D eigenvalue weighted by Crippen LogP contribution is -2.14. The summed E-state index contributed by atoms with van der Waals surface area (Å²) in [6.07, 6.45) is 3.72. The van der Waals surface area contributed by atoms with Crippen LogP contribution < -0.4 is 0 Å². The third-order valence-corrected chi connectivity index (χ3v) is 4.77. The Balaban J connectivity index is 2.30. The molecule has 0 unspecified atom stereocenters. The van der Waals surface area contributed by atoms with Gasteiger partial charge in [-0.3, -0.25) is 0 Å². The Morgan fingerprint density at radius 3 is 2.58 bits per heavy atom. The van der Waals surface area contributed by atoms with E-state index in [1.165, 1.54) is 16.8 Å². The topological polar surface area (TPSA) is 64.3 Å². The molecule has 0 atom stereocenters. The molecule has 9 heteroatoms. The first-order valence-corrected chi connectivity index (χ1v) is 10.1. The molecule has 24 heavy (non-hydrogen) atoms. The summed E-state index contributed by atoms with van der Waals surface area (Å²) in [6, 6.07) is 1.32. The summed E-state index contributed by atoms with van der Waals surface area (Å²) in [5.41, 5.74) is -1.88. The van der Waals surface area contributed by atoms with E-state index >= 15 is 0 Å². The van der Waals surface area contributed by atoms with Gasteiger partial charge in [0, 0.05) is 23.5 Å². The van der Waals surface area contributed by atoms with Gasteiger partial charge in [0.15, 0.2) is 0 Å². The average Bonchev–Trinajstić information content (AvgIpc) is 2.83. The van der Waals surface area contributed by atoms with Crippen LogP contribution in [-0.4, -0.2) is 51.8 Å². The van der Waals surface area contributed by atoms with Crippen LogP contribution in [0.25, 0.3) is 11.0 Å². The highest BCUT2D eigenvalue weighted by Gasteiger charge is 2.37. The minimum atomic E-state index is -4.77. The summed E-state index contributed by atoms with van der Waals surface area (Å²) < 4.78 is 45.9. The number of aromatic nitrogens is 2. The lowest BCUT2D eigenvalue weighted by molar-refractivity contribution is -0.138. The summed E-state index contributed by atoms with van der Waals surface area (Å²) >= 11 is 0. The fourth-order valence-corrected chi connectivity index (χ4v) is 2.78. The van der Waals surface area contributed by atoms with Gasteiger partial charge in [0.05, 0.1) is 17.7 Å². The average molecular weight is 364 g/mol. The van der Waals surface area contributed by atoms with Crippen LogP contribution in [0, 0.1) is 0 Å². The van der Waals surface area contributed by atoms with Gasteiger partial charge in [0.1, 0.15) is 12.4 Å². The molecule has 0 aliphatic rings. The van der Waals surface area contributed by atoms with E-state index in [0.29, 0.717) is 12.8 Å². The quantitative estimate of drug-likeness (QED) is 0.798. The molecular weight excluding hydrogens is 345 g/mol. The zero-order valence-corrected chi connectivity index (χ0v) is 14.4.